The largest absolute Gasteiger partial charge is 0.508 e. The third-order valence-corrected chi connectivity index (χ3v) is 3.38. The van der Waals surface area contributed by atoms with Gasteiger partial charge in [0.15, 0.2) is 0 Å². The molecule has 0 fully saturated rings. The Morgan fingerprint density at radius 2 is 2.05 bits per heavy atom. The number of para-hydroxylation sites is 1. The molecule has 2 aromatic carbocycles. The highest BCUT2D eigenvalue weighted by molar-refractivity contribution is 5.89. The number of carbonyl (C=O) groups is 1. The Kier molecular flexibility index (Phi) is 2.95. The molecule has 0 aromatic heterocycles. The molecule has 1 atom stereocenters. The summed E-state index contributed by atoms with van der Waals surface area (Å²) in [4.78, 5) is 12.3. The monoisotopic (exact) mass is 254 g/mol. The van der Waals surface area contributed by atoms with Crippen LogP contribution in [-0.2, 0) is 11.2 Å². The predicted octanol–water partition coefficient (Wildman–Crippen LogP) is 2.68. The lowest BCUT2D eigenvalue weighted by atomic mass is 9.93. The zero-order chi connectivity index (χ0) is 13.2. The third kappa shape index (κ3) is 2.32. The van der Waals surface area contributed by atoms with Gasteiger partial charge in [-0.05, 0) is 23.8 Å². The molecule has 1 aliphatic heterocycles. The Labute approximate surface area is 111 Å². The SMILES string of the molecule is O=C(Cc1cccc(O)c1)C1COc2ccccc21. The number of hydrogen-bond acceptors (Lipinski definition) is 3. The number of phenolic OH excluding ortho intramolecular Hbond substituents is 1. The fraction of sp³-hybridized carbons (Fsp3) is 0.188. The first kappa shape index (κ1) is 11.8. The summed E-state index contributed by atoms with van der Waals surface area (Å²) < 4.78 is 5.52. The molecule has 19 heavy (non-hydrogen) atoms. The minimum atomic E-state index is -0.196. The Balaban J connectivity index is 1.79. The number of phenols is 1. The maximum absolute atomic E-state index is 12.3. The van der Waals surface area contributed by atoms with Crippen molar-refractivity contribution in [2.75, 3.05) is 6.61 Å². The molecule has 0 radical (unpaired) electrons. The maximum Gasteiger partial charge on any atom is 0.148 e. The summed E-state index contributed by atoms with van der Waals surface area (Å²) in [7, 11) is 0. The molecule has 1 N–H and O–H groups in total. The second-order valence-corrected chi connectivity index (χ2v) is 4.71. The van der Waals surface area contributed by atoms with Crippen molar-refractivity contribution in [3.8, 4) is 11.5 Å². The summed E-state index contributed by atoms with van der Waals surface area (Å²) >= 11 is 0. The molecule has 3 rings (SSSR count). The Morgan fingerprint density at radius 1 is 1.21 bits per heavy atom. The lowest BCUT2D eigenvalue weighted by Crippen LogP contribution is -2.16. The van der Waals surface area contributed by atoms with E-state index in [2.05, 4.69) is 0 Å². The summed E-state index contributed by atoms with van der Waals surface area (Å²) in [5.41, 5.74) is 1.79. The number of ether oxygens (including phenoxy) is 1. The van der Waals surface area contributed by atoms with E-state index in [1.807, 2.05) is 30.3 Å². The van der Waals surface area contributed by atoms with Crippen LogP contribution in [0.4, 0.5) is 0 Å². The molecular formula is C16H14O3. The molecule has 0 bridgehead atoms. The van der Waals surface area contributed by atoms with E-state index in [9.17, 15) is 9.90 Å². The first-order valence-corrected chi connectivity index (χ1v) is 6.26. The van der Waals surface area contributed by atoms with Gasteiger partial charge in [-0.1, -0.05) is 30.3 Å². The van der Waals surface area contributed by atoms with Crippen LogP contribution in [0.3, 0.4) is 0 Å². The average molecular weight is 254 g/mol. The summed E-state index contributed by atoms with van der Waals surface area (Å²) in [5, 5.41) is 9.41. The van der Waals surface area contributed by atoms with E-state index >= 15 is 0 Å². The van der Waals surface area contributed by atoms with Crippen LogP contribution >= 0.6 is 0 Å². The highest BCUT2D eigenvalue weighted by Gasteiger charge is 2.29. The highest BCUT2D eigenvalue weighted by Crippen LogP contribution is 2.34. The van der Waals surface area contributed by atoms with Crippen molar-refractivity contribution in [3.63, 3.8) is 0 Å². The van der Waals surface area contributed by atoms with Crippen molar-refractivity contribution in [2.45, 2.75) is 12.3 Å². The summed E-state index contributed by atoms with van der Waals surface area (Å²) in [5.74, 6) is 0.916. The molecule has 0 spiro atoms. The van der Waals surface area contributed by atoms with Gasteiger partial charge in [-0.15, -0.1) is 0 Å². The van der Waals surface area contributed by atoms with Crippen LogP contribution in [-0.4, -0.2) is 17.5 Å². The van der Waals surface area contributed by atoms with E-state index in [1.54, 1.807) is 18.2 Å². The van der Waals surface area contributed by atoms with Crippen LogP contribution in [0.25, 0.3) is 0 Å². The van der Waals surface area contributed by atoms with E-state index in [0.29, 0.717) is 13.0 Å². The van der Waals surface area contributed by atoms with Crippen LogP contribution in [0.15, 0.2) is 48.5 Å². The minimum absolute atomic E-state index is 0.121. The lowest BCUT2D eigenvalue weighted by molar-refractivity contribution is -0.120. The number of rotatable bonds is 3. The van der Waals surface area contributed by atoms with E-state index < -0.39 is 0 Å². The van der Waals surface area contributed by atoms with Gasteiger partial charge >= 0.3 is 0 Å². The van der Waals surface area contributed by atoms with Gasteiger partial charge in [-0.25, -0.2) is 0 Å². The smallest absolute Gasteiger partial charge is 0.148 e. The lowest BCUT2D eigenvalue weighted by Gasteiger charge is -2.08. The standard InChI is InChI=1S/C16H14O3/c17-12-5-3-4-11(8-12)9-15(18)14-10-19-16-7-2-1-6-13(14)16/h1-8,14,17H,9-10H2. The van der Waals surface area contributed by atoms with Crippen LogP contribution in [0.5, 0.6) is 11.5 Å². The second kappa shape index (κ2) is 4.76. The van der Waals surface area contributed by atoms with Crippen LogP contribution in [0.2, 0.25) is 0 Å². The number of aromatic hydroxyl groups is 1. The zero-order valence-electron chi connectivity index (χ0n) is 10.4. The molecule has 0 saturated heterocycles. The van der Waals surface area contributed by atoms with Crippen LogP contribution < -0.4 is 4.74 Å². The highest BCUT2D eigenvalue weighted by atomic mass is 16.5. The molecule has 2 aromatic rings. The molecule has 3 nitrogen and oxygen atoms in total. The number of ketones is 1. The van der Waals surface area contributed by atoms with Gasteiger partial charge in [0, 0.05) is 12.0 Å². The van der Waals surface area contributed by atoms with Crippen LogP contribution in [0.1, 0.15) is 17.0 Å². The van der Waals surface area contributed by atoms with Gasteiger partial charge in [0.2, 0.25) is 0 Å². The molecule has 0 saturated carbocycles. The normalized spacial score (nSPS) is 16.7. The number of fused-ring (bicyclic) bond motifs is 1. The molecule has 3 heteroatoms. The Morgan fingerprint density at radius 3 is 2.89 bits per heavy atom. The maximum atomic E-state index is 12.3. The van der Waals surface area contributed by atoms with Gasteiger partial charge in [0.1, 0.15) is 23.9 Å². The average Bonchev–Trinajstić information content (AvgIpc) is 2.82. The van der Waals surface area contributed by atoms with Crippen molar-refractivity contribution < 1.29 is 14.6 Å². The Bertz CT molecular complexity index is 619. The predicted molar refractivity (Wildman–Crippen MR) is 71.5 cm³/mol. The molecule has 0 aliphatic carbocycles. The molecule has 1 heterocycles. The summed E-state index contributed by atoms with van der Waals surface area (Å²) in [6.07, 6.45) is 0.316. The van der Waals surface area contributed by atoms with Crippen molar-refractivity contribution in [1.82, 2.24) is 0 Å². The number of carbonyl (C=O) groups excluding carboxylic acids is 1. The quantitative estimate of drug-likeness (QED) is 0.916. The third-order valence-electron chi connectivity index (χ3n) is 3.38. The van der Waals surface area contributed by atoms with E-state index in [1.165, 1.54) is 0 Å². The van der Waals surface area contributed by atoms with Gasteiger partial charge in [0.25, 0.3) is 0 Å². The van der Waals surface area contributed by atoms with Gasteiger partial charge < -0.3 is 9.84 Å². The second-order valence-electron chi connectivity index (χ2n) is 4.71. The van der Waals surface area contributed by atoms with Crippen molar-refractivity contribution in [3.05, 3.63) is 59.7 Å². The molecule has 1 unspecified atom stereocenters. The molecule has 1 aliphatic rings. The van der Waals surface area contributed by atoms with E-state index in [4.69, 9.17) is 4.74 Å². The van der Waals surface area contributed by atoms with E-state index in [-0.39, 0.29) is 17.5 Å². The first-order valence-electron chi connectivity index (χ1n) is 6.26. The van der Waals surface area contributed by atoms with Gasteiger partial charge in [-0.2, -0.15) is 0 Å². The summed E-state index contributed by atoms with van der Waals surface area (Å²) in [6.45, 7) is 0.414. The van der Waals surface area contributed by atoms with Gasteiger partial charge in [0.05, 0.1) is 5.92 Å². The molecule has 0 amide bonds. The fourth-order valence-electron chi connectivity index (χ4n) is 2.42. The van der Waals surface area contributed by atoms with E-state index in [0.717, 1.165) is 16.9 Å². The minimum Gasteiger partial charge on any atom is -0.508 e. The van der Waals surface area contributed by atoms with Gasteiger partial charge in [-0.3, -0.25) is 4.79 Å². The Hall–Kier alpha value is -2.29. The number of benzene rings is 2. The van der Waals surface area contributed by atoms with Crippen molar-refractivity contribution >= 4 is 5.78 Å². The van der Waals surface area contributed by atoms with Crippen LogP contribution in [0, 0.1) is 0 Å². The number of Topliss-reactive ketones (excluding diaryl/α,β-unsaturated/α-hetero) is 1. The molecular weight excluding hydrogens is 240 g/mol. The summed E-state index contributed by atoms with van der Waals surface area (Å²) in [6, 6.07) is 14.5. The number of hydrogen-bond donors (Lipinski definition) is 1. The zero-order valence-corrected chi connectivity index (χ0v) is 10.4. The topological polar surface area (TPSA) is 46.5 Å². The van der Waals surface area contributed by atoms with Crippen molar-refractivity contribution in [2.24, 2.45) is 0 Å². The van der Waals surface area contributed by atoms with Crippen molar-refractivity contribution in [1.29, 1.82) is 0 Å². The molecule has 96 valence electrons. The fourth-order valence-corrected chi connectivity index (χ4v) is 2.42. The first-order chi connectivity index (χ1) is 9.24.